The van der Waals surface area contributed by atoms with Crippen LogP contribution in [0.4, 0.5) is 0 Å². The minimum Gasteiger partial charge on any atom is -0.493 e. The van der Waals surface area contributed by atoms with Crippen molar-refractivity contribution in [1.29, 1.82) is 0 Å². The average molecular weight is 421 g/mol. The molecule has 0 bridgehead atoms. The summed E-state index contributed by atoms with van der Waals surface area (Å²) in [5.41, 5.74) is 3.54. The molecule has 1 heterocycles. The molecule has 0 aliphatic rings. The largest absolute Gasteiger partial charge is 0.493 e. The highest BCUT2D eigenvalue weighted by Gasteiger charge is 2.09. The van der Waals surface area contributed by atoms with Crippen molar-refractivity contribution in [3.8, 4) is 5.75 Å². The maximum atomic E-state index is 5.77. The summed E-state index contributed by atoms with van der Waals surface area (Å²) in [5, 5.41) is 11.0. The predicted octanol–water partition coefficient (Wildman–Crippen LogP) is 3.79. The normalized spacial score (nSPS) is 12.6. The molecule has 0 spiro atoms. The van der Waals surface area contributed by atoms with E-state index < -0.39 is 0 Å². The first-order chi connectivity index (χ1) is 15.0. The van der Waals surface area contributed by atoms with E-state index in [4.69, 9.17) is 4.74 Å². The SMILES string of the molecule is CN=C(NCc1cccc(Cn2cncn2)c1)NC(C)c1ccc(OCC(C)C)cc1. The van der Waals surface area contributed by atoms with Gasteiger partial charge in [0.25, 0.3) is 0 Å². The molecule has 1 unspecified atom stereocenters. The molecule has 0 radical (unpaired) electrons. The van der Waals surface area contributed by atoms with Crippen LogP contribution in [0.1, 0.15) is 43.5 Å². The molecule has 0 aliphatic heterocycles. The van der Waals surface area contributed by atoms with E-state index in [9.17, 15) is 0 Å². The fourth-order valence-corrected chi connectivity index (χ4v) is 3.12. The molecule has 0 saturated carbocycles. The van der Waals surface area contributed by atoms with Gasteiger partial charge in [0, 0.05) is 13.6 Å². The van der Waals surface area contributed by atoms with Gasteiger partial charge in [-0.05, 0) is 41.7 Å². The summed E-state index contributed by atoms with van der Waals surface area (Å²) in [7, 11) is 1.78. The molecule has 0 saturated heterocycles. The molecule has 0 aliphatic carbocycles. The lowest BCUT2D eigenvalue weighted by molar-refractivity contribution is 0.271. The van der Waals surface area contributed by atoms with E-state index in [-0.39, 0.29) is 6.04 Å². The Morgan fingerprint density at radius 2 is 1.87 bits per heavy atom. The van der Waals surface area contributed by atoms with Gasteiger partial charge in [-0.1, -0.05) is 50.2 Å². The Hall–Kier alpha value is -3.35. The van der Waals surface area contributed by atoms with Crippen LogP contribution in [0.25, 0.3) is 0 Å². The highest BCUT2D eigenvalue weighted by Crippen LogP contribution is 2.18. The Bertz CT molecular complexity index is 950. The molecule has 2 aromatic carbocycles. The van der Waals surface area contributed by atoms with Crippen LogP contribution in [-0.4, -0.2) is 34.4 Å². The second kappa shape index (κ2) is 11.2. The van der Waals surface area contributed by atoms with E-state index in [0.717, 1.165) is 18.3 Å². The number of rotatable bonds is 9. The number of nitrogens with one attached hydrogen (secondary N) is 2. The zero-order valence-corrected chi connectivity index (χ0v) is 18.7. The van der Waals surface area contributed by atoms with Crippen molar-refractivity contribution >= 4 is 5.96 Å². The first kappa shape index (κ1) is 22.3. The Kier molecular flexibility index (Phi) is 8.04. The zero-order chi connectivity index (χ0) is 22.1. The summed E-state index contributed by atoms with van der Waals surface area (Å²) in [4.78, 5) is 8.36. The van der Waals surface area contributed by atoms with Crippen molar-refractivity contribution in [2.45, 2.75) is 39.9 Å². The Morgan fingerprint density at radius 1 is 1.10 bits per heavy atom. The fourth-order valence-electron chi connectivity index (χ4n) is 3.12. The van der Waals surface area contributed by atoms with Gasteiger partial charge >= 0.3 is 0 Å². The second-order valence-electron chi connectivity index (χ2n) is 7.98. The smallest absolute Gasteiger partial charge is 0.191 e. The van der Waals surface area contributed by atoms with Gasteiger partial charge < -0.3 is 15.4 Å². The molecule has 1 atom stereocenters. The Morgan fingerprint density at radius 3 is 2.55 bits per heavy atom. The first-order valence-electron chi connectivity index (χ1n) is 10.6. The minimum absolute atomic E-state index is 0.115. The summed E-state index contributed by atoms with van der Waals surface area (Å²) in [6, 6.07) is 16.8. The molecule has 0 fully saturated rings. The zero-order valence-electron chi connectivity index (χ0n) is 18.7. The number of aromatic nitrogens is 3. The van der Waals surface area contributed by atoms with Crippen LogP contribution >= 0.6 is 0 Å². The number of nitrogens with zero attached hydrogens (tertiary/aromatic N) is 4. The maximum absolute atomic E-state index is 5.77. The lowest BCUT2D eigenvalue weighted by Crippen LogP contribution is -2.38. The van der Waals surface area contributed by atoms with E-state index in [1.807, 2.05) is 16.8 Å². The lowest BCUT2D eigenvalue weighted by Gasteiger charge is -2.19. The number of hydrogen-bond donors (Lipinski definition) is 2. The van der Waals surface area contributed by atoms with Crippen molar-refractivity contribution in [2.24, 2.45) is 10.9 Å². The standard InChI is InChI=1S/C24H32N6O/c1-18(2)15-31-23-10-8-22(9-11-23)19(3)29-24(25-4)27-13-20-6-5-7-21(12-20)14-30-17-26-16-28-30/h5-12,16-19H,13-15H2,1-4H3,(H2,25,27,29). The molecule has 0 amide bonds. The van der Waals surface area contributed by atoms with E-state index in [2.05, 4.69) is 82.9 Å². The number of guanidine groups is 1. The van der Waals surface area contributed by atoms with Crippen molar-refractivity contribution in [3.63, 3.8) is 0 Å². The van der Waals surface area contributed by atoms with Crippen molar-refractivity contribution in [3.05, 3.63) is 77.9 Å². The molecule has 3 rings (SSSR count). The third-order valence-electron chi connectivity index (χ3n) is 4.80. The predicted molar refractivity (Wildman–Crippen MR) is 124 cm³/mol. The van der Waals surface area contributed by atoms with Gasteiger partial charge in [-0.15, -0.1) is 0 Å². The summed E-state index contributed by atoms with van der Waals surface area (Å²) >= 11 is 0. The molecule has 1 aromatic heterocycles. The van der Waals surface area contributed by atoms with Gasteiger partial charge in [-0.2, -0.15) is 5.10 Å². The maximum Gasteiger partial charge on any atom is 0.191 e. The number of hydrogen-bond acceptors (Lipinski definition) is 4. The van der Waals surface area contributed by atoms with E-state index in [1.54, 1.807) is 19.7 Å². The molecule has 7 heteroatoms. The third-order valence-corrected chi connectivity index (χ3v) is 4.80. The molecule has 164 valence electrons. The molecule has 7 nitrogen and oxygen atoms in total. The van der Waals surface area contributed by atoms with Gasteiger partial charge in [0.05, 0.1) is 19.2 Å². The number of ether oxygens (including phenoxy) is 1. The van der Waals surface area contributed by atoms with Crippen molar-refractivity contribution < 1.29 is 4.74 Å². The molecular formula is C24H32N6O. The summed E-state index contributed by atoms with van der Waals surface area (Å²) in [6.07, 6.45) is 3.27. The van der Waals surface area contributed by atoms with Crippen LogP contribution < -0.4 is 15.4 Å². The van der Waals surface area contributed by atoms with Crippen LogP contribution in [0.15, 0.2) is 66.2 Å². The molecule has 3 aromatic rings. The highest BCUT2D eigenvalue weighted by molar-refractivity contribution is 5.80. The number of aliphatic imine (C=N–C) groups is 1. The van der Waals surface area contributed by atoms with E-state index in [1.165, 1.54) is 16.7 Å². The van der Waals surface area contributed by atoms with Gasteiger partial charge in [0.2, 0.25) is 0 Å². The summed E-state index contributed by atoms with van der Waals surface area (Å²) in [6.45, 7) is 8.52. The Labute approximate surface area is 184 Å². The van der Waals surface area contributed by atoms with E-state index in [0.29, 0.717) is 19.0 Å². The van der Waals surface area contributed by atoms with Gasteiger partial charge in [0.1, 0.15) is 18.4 Å². The van der Waals surface area contributed by atoms with Crippen LogP contribution in [0.5, 0.6) is 5.75 Å². The fraction of sp³-hybridized carbons (Fsp3) is 0.375. The third kappa shape index (κ3) is 7.13. The number of benzene rings is 2. The van der Waals surface area contributed by atoms with Crippen molar-refractivity contribution in [2.75, 3.05) is 13.7 Å². The lowest BCUT2D eigenvalue weighted by atomic mass is 10.1. The van der Waals surface area contributed by atoms with Gasteiger partial charge in [0.15, 0.2) is 5.96 Å². The Balaban J connectivity index is 1.52. The van der Waals surface area contributed by atoms with E-state index >= 15 is 0 Å². The average Bonchev–Trinajstić information content (AvgIpc) is 3.28. The van der Waals surface area contributed by atoms with Crippen molar-refractivity contribution in [1.82, 2.24) is 25.4 Å². The molecule has 31 heavy (non-hydrogen) atoms. The van der Waals surface area contributed by atoms with Gasteiger partial charge in [-0.25, -0.2) is 9.67 Å². The van der Waals surface area contributed by atoms with Crippen LogP contribution in [0.3, 0.4) is 0 Å². The quantitative estimate of drug-likeness (QED) is 0.407. The van der Waals surface area contributed by atoms with Crippen LogP contribution in [0.2, 0.25) is 0 Å². The summed E-state index contributed by atoms with van der Waals surface area (Å²) < 4.78 is 7.58. The van der Waals surface area contributed by atoms with Crippen LogP contribution in [-0.2, 0) is 13.1 Å². The summed E-state index contributed by atoms with van der Waals surface area (Å²) in [5.74, 6) is 2.17. The topological polar surface area (TPSA) is 76.4 Å². The second-order valence-corrected chi connectivity index (χ2v) is 7.98. The first-order valence-corrected chi connectivity index (χ1v) is 10.6. The molecule has 2 N–H and O–H groups in total. The molecular weight excluding hydrogens is 388 g/mol. The minimum atomic E-state index is 0.115. The monoisotopic (exact) mass is 420 g/mol. The highest BCUT2D eigenvalue weighted by atomic mass is 16.5. The van der Waals surface area contributed by atoms with Gasteiger partial charge in [-0.3, -0.25) is 4.99 Å². The van der Waals surface area contributed by atoms with Crippen LogP contribution in [0, 0.1) is 5.92 Å².